The summed E-state index contributed by atoms with van der Waals surface area (Å²) < 4.78 is 12.9. The SMILES string of the molecule is COc1ccc2c(c1)nc(N)n2C1CCCC1OC. The topological polar surface area (TPSA) is 62.3 Å². The van der Waals surface area contributed by atoms with Gasteiger partial charge in [-0.15, -0.1) is 0 Å². The maximum atomic E-state index is 6.10. The molecule has 1 aromatic carbocycles. The van der Waals surface area contributed by atoms with Gasteiger partial charge in [-0.05, 0) is 31.4 Å². The Morgan fingerprint density at radius 1 is 1.32 bits per heavy atom. The van der Waals surface area contributed by atoms with Crippen molar-refractivity contribution < 1.29 is 9.47 Å². The number of methoxy groups -OCH3 is 2. The highest BCUT2D eigenvalue weighted by Crippen LogP contribution is 2.36. The van der Waals surface area contributed by atoms with E-state index < -0.39 is 0 Å². The van der Waals surface area contributed by atoms with Crippen LogP contribution < -0.4 is 10.5 Å². The van der Waals surface area contributed by atoms with Crippen molar-refractivity contribution in [3.05, 3.63) is 18.2 Å². The Balaban J connectivity index is 2.10. The van der Waals surface area contributed by atoms with E-state index in [2.05, 4.69) is 9.55 Å². The number of hydrogen-bond donors (Lipinski definition) is 1. The van der Waals surface area contributed by atoms with Gasteiger partial charge in [0.1, 0.15) is 5.75 Å². The number of aromatic nitrogens is 2. The Kier molecular flexibility index (Phi) is 3.06. The second-order valence-electron chi connectivity index (χ2n) is 4.97. The number of anilines is 1. The molecule has 2 atom stereocenters. The molecule has 0 saturated heterocycles. The third-order valence-corrected chi connectivity index (χ3v) is 3.98. The Bertz CT molecular complexity index is 594. The van der Waals surface area contributed by atoms with E-state index in [4.69, 9.17) is 15.2 Å². The molecule has 0 aliphatic heterocycles. The largest absolute Gasteiger partial charge is 0.497 e. The first-order chi connectivity index (χ1) is 9.24. The van der Waals surface area contributed by atoms with E-state index in [1.54, 1.807) is 14.2 Å². The van der Waals surface area contributed by atoms with Gasteiger partial charge in [-0.3, -0.25) is 0 Å². The molecular formula is C14H19N3O2. The molecule has 0 amide bonds. The molecule has 2 N–H and O–H groups in total. The quantitative estimate of drug-likeness (QED) is 0.921. The van der Waals surface area contributed by atoms with E-state index in [1.807, 2.05) is 18.2 Å². The van der Waals surface area contributed by atoms with Crippen LogP contribution in [0.2, 0.25) is 0 Å². The number of nitrogens with zero attached hydrogens (tertiary/aromatic N) is 2. The predicted molar refractivity (Wildman–Crippen MR) is 74.4 cm³/mol. The molecule has 1 saturated carbocycles. The number of benzene rings is 1. The number of rotatable bonds is 3. The van der Waals surface area contributed by atoms with Crippen molar-refractivity contribution in [2.75, 3.05) is 20.0 Å². The van der Waals surface area contributed by atoms with E-state index >= 15 is 0 Å². The lowest BCUT2D eigenvalue weighted by atomic mass is 10.2. The second-order valence-corrected chi connectivity index (χ2v) is 4.97. The smallest absolute Gasteiger partial charge is 0.201 e. The van der Waals surface area contributed by atoms with Gasteiger partial charge < -0.3 is 19.8 Å². The standard InChI is InChI=1S/C14H19N3O2/c1-18-9-6-7-11-10(8-9)16-14(15)17(11)12-4-3-5-13(12)19-2/h6-8,12-13H,3-5H2,1-2H3,(H2,15,16). The molecule has 2 unspecified atom stereocenters. The molecule has 1 aliphatic rings. The fourth-order valence-electron chi connectivity index (χ4n) is 3.05. The van der Waals surface area contributed by atoms with Crippen LogP contribution in [0.1, 0.15) is 25.3 Å². The van der Waals surface area contributed by atoms with E-state index in [1.165, 1.54) is 6.42 Å². The van der Waals surface area contributed by atoms with Crippen LogP contribution in [0, 0.1) is 0 Å². The van der Waals surface area contributed by atoms with Crippen molar-refractivity contribution >= 4 is 17.0 Å². The third kappa shape index (κ3) is 1.94. The zero-order valence-corrected chi connectivity index (χ0v) is 11.3. The summed E-state index contributed by atoms with van der Waals surface area (Å²) >= 11 is 0. The minimum Gasteiger partial charge on any atom is -0.497 e. The first kappa shape index (κ1) is 12.3. The third-order valence-electron chi connectivity index (χ3n) is 3.98. The lowest BCUT2D eigenvalue weighted by molar-refractivity contribution is 0.0768. The minimum absolute atomic E-state index is 0.224. The van der Waals surface area contributed by atoms with E-state index in [0.717, 1.165) is 29.6 Å². The summed E-state index contributed by atoms with van der Waals surface area (Å²) in [5, 5.41) is 0. The van der Waals surface area contributed by atoms with Crippen LogP contribution in [0.5, 0.6) is 5.75 Å². The molecule has 0 radical (unpaired) electrons. The first-order valence-corrected chi connectivity index (χ1v) is 6.59. The van der Waals surface area contributed by atoms with E-state index in [0.29, 0.717) is 5.95 Å². The van der Waals surface area contributed by atoms with Crippen LogP contribution in [-0.4, -0.2) is 29.9 Å². The monoisotopic (exact) mass is 261 g/mol. The van der Waals surface area contributed by atoms with Gasteiger partial charge in [0.05, 0.1) is 30.3 Å². The molecule has 5 nitrogen and oxygen atoms in total. The molecule has 1 fully saturated rings. The minimum atomic E-state index is 0.224. The molecule has 0 bridgehead atoms. The summed E-state index contributed by atoms with van der Waals surface area (Å²) in [5.74, 6) is 1.35. The van der Waals surface area contributed by atoms with Crippen molar-refractivity contribution in [3.8, 4) is 5.75 Å². The zero-order valence-electron chi connectivity index (χ0n) is 11.3. The van der Waals surface area contributed by atoms with Gasteiger partial charge in [-0.1, -0.05) is 0 Å². The van der Waals surface area contributed by atoms with Gasteiger partial charge in [0.2, 0.25) is 5.95 Å². The Hall–Kier alpha value is -1.75. The summed E-state index contributed by atoms with van der Waals surface area (Å²) in [6.45, 7) is 0. The van der Waals surface area contributed by atoms with Crippen LogP contribution in [0.15, 0.2) is 18.2 Å². The Labute approximate surface area is 112 Å². The highest BCUT2D eigenvalue weighted by molar-refractivity contribution is 5.80. The fourth-order valence-corrected chi connectivity index (χ4v) is 3.05. The van der Waals surface area contributed by atoms with Crippen LogP contribution in [0.3, 0.4) is 0 Å². The summed E-state index contributed by atoms with van der Waals surface area (Å²) in [5.41, 5.74) is 8.02. The van der Waals surface area contributed by atoms with Gasteiger partial charge in [-0.2, -0.15) is 0 Å². The Morgan fingerprint density at radius 3 is 2.89 bits per heavy atom. The molecule has 0 spiro atoms. The number of nitrogens with two attached hydrogens (primary N) is 1. The molecule has 19 heavy (non-hydrogen) atoms. The Morgan fingerprint density at radius 2 is 2.16 bits per heavy atom. The van der Waals surface area contributed by atoms with Gasteiger partial charge in [0.15, 0.2) is 0 Å². The summed E-state index contributed by atoms with van der Waals surface area (Å²) in [6.07, 6.45) is 3.55. The van der Waals surface area contributed by atoms with Crippen molar-refractivity contribution in [2.24, 2.45) is 0 Å². The zero-order chi connectivity index (χ0) is 13.4. The van der Waals surface area contributed by atoms with Crippen LogP contribution in [0.25, 0.3) is 11.0 Å². The molecule has 1 aliphatic carbocycles. The molecule has 1 aromatic heterocycles. The van der Waals surface area contributed by atoms with Crippen LogP contribution >= 0.6 is 0 Å². The predicted octanol–water partition coefficient (Wildman–Crippen LogP) is 2.37. The van der Waals surface area contributed by atoms with Gasteiger partial charge >= 0.3 is 0 Å². The van der Waals surface area contributed by atoms with Crippen molar-refractivity contribution in [3.63, 3.8) is 0 Å². The van der Waals surface area contributed by atoms with E-state index in [9.17, 15) is 0 Å². The van der Waals surface area contributed by atoms with Crippen LogP contribution in [-0.2, 0) is 4.74 Å². The highest BCUT2D eigenvalue weighted by atomic mass is 16.5. The maximum absolute atomic E-state index is 6.10. The lowest BCUT2D eigenvalue weighted by Gasteiger charge is -2.21. The number of ether oxygens (including phenoxy) is 2. The van der Waals surface area contributed by atoms with E-state index in [-0.39, 0.29) is 12.1 Å². The number of imidazole rings is 1. The molecule has 2 aromatic rings. The average molecular weight is 261 g/mol. The van der Waals surface area contributed by atoms with Gasteiger partial charge in [0, 0.05) is 13.2 Å². The van der Waals surface area contributed by atoms with Crippen molar-refractivity contribution in [2.45, 2.75) is 31.4 Å². The normalized spacial score (nSPS) is 23.1. The molecular weight excluding hydrogens is 242 g/mol. The van der Waals surface area contributed by atoms with Gasteiger partial charge in [0.25, 0.3) is 0 Å². The fraction of sp³-hybridized carbons (Fsp3) is 0.500. The molecule has 3 rings (SSSR count). The summed E-state index contributed by atoms with van der Waals surface area (Å²) in [6, 6.07) is 6.15. The first-order valence-electron chi connectivity index (χ1n) is 6.59. The average Bonchev–Trinajstić information content (AvgIpc) is 2.99. The lowest BCUT2D eigenvalue weighted by Crippen LogP contribution is -2.21. The molecule has 5 heteroatoms. The highest BCUT2D eigenvalue weighted by Gasteiger charge is 2.31. The van der Waals surface area contributed by atoms with Crippen molar-refractivity contribution in [1.82, 2.24) is 9.55 Å². The number of nitrogen functional groups attached to an aromatic ring is 1. The molecule has 1 heterocycles. The van der Waals surface area contributed by atoms with Crippen molar-refractivity contribution in [1.29, 1.82) is 0 Å². The maximum Gasteiger partial charge on any atom is 0.201 e. The van der Waals surface area contributed by atoms with Crippen LogP contribution in [0.4, 0.5) is 5.95 Å². The summed E-state index contributed by atoms with van der Waals surface area (Å²) in [7, 11) is 3.42. The number of hydrogen-bond acceptors (Lipinski definition) is 4. The van der Waals surface area contributed by atoms with Gasteiger partial charge in [-0.25, -0.2) is 4.98 Å². The molecule has 102 valence electrons. The second kappa shape index (κ2) is 4.74. The number of fused-ring (bicyclic) bond motifs is 1. The summed E-state index contributed by atoms with van der Waals surface area (Å²) in [4.78, 5) is 4.44.